The molecule has 2 rings (SSSR count). The molecule has 1 aromatic carbocycles. The summed E-state index contributed by atoms with van der Waals surface area (Å²) >= 11 is 0. The van der Waals surface area contributed by atoms with E-state index in [1.807, 2.05) is 31.2 Å². The second-order valence-corrected chi connectivity index (χ2v) is 5.35. The van der Waals surface area contributed by atoms with Gasteiger partial charge in [0.1, 0.15) is 18.1 Å². The minimum absolute atomic E-state index is 0.0516. The Morgan fingerprint density at radius 2 is 2.21 bits per heavy atom. The van der Waals surface area contributed by atoms with Crippen molar-refractivity contribution in [1.29, 1.82) is 0 Å². The summed E-state index contributed by atoms with van der Waals surface area (Å²) in [7, 11) is 1.59. The number of nitrogens with zero attached hydrogens (tertiary/aromatic N) is 3. The number of amides is 1. The first-order valence-electron chi connectivity index (χ1n) is 7.60. The number of benzene rings is 1. The summed E-state index contributed by atoms with van der Waals surface area (Å²) in [5.74, 6) is 0.643. The van der Waals surface area contributed by atoms with E-state index in [2.05, 4.69) is 10.4 Å². The fraction of sp³-hybridized carbons (Fsp3) is 0.375. The van der Waals surface area contributed by atoms with Gasteiger partial charge in [-0.15, -0.1) is 0 Å². The molecule has 0 fully saturated rings. The van der Waals surface area contributed by atoms with Crippen molar-refractivity contribution >= 4 is 11.6 Å². The van der Waals surface area contributed by atoms with Crippen molar-refractivity contribution in [3.63, 3.8) is 0 Å². The van der Waals surface area contributed by atoms with E-state index < -0.39 is 4.92 Å². The van der Waals surface area contributed by atoms with Crippen molar-refractivity contribution in [1.82, 2.24) is 15.1 Å². The van der Waals surface area contributed by atoms with Gasteiger partial charge in [-0.05, 0) is 19.4 Å². The number of hydrogen-bond donors (Lipinski definition) is 1. The highest BCUT2D eigenvalue weighted by Gasteiger charge is 2.14. The quantitative estimate of drug-likeness (QED) is 0.591. The maximum absolute atomic E-state index is 12.0. The van der Waals surface area contributed by atoms with Crippen molar-refractivity contribution < 1.29 is 14.5 Å². The molecule has 0 aliphatic carbocycles. The van der Waals surface area contributed by atoms with Crippen LogP contribution in [0.25, 0.3) is 0 Å². The molecular weight excluding hydrogens is 312 g/mol. The molecule has 1 aromatic heterocycles. The molecule has 128 valence electrons. The van der Waals surface area contributed by atoms with Crippen LogP contribution in [0.5, 0.6) is 5.75 Å². The van der Waals surface area contributed by atoms with Gasteiger partial charge in [0.25, 0.3) is 0 Å². The predicted molar refractivity (Wildman–Crippen MR) is 87.7 cm³/mol. The van der Waals surface area contributed by atoms with Gasteiger partial charge in [0.15, 0.2) is 0 Å². The average Bonchev–Trinajstić information content (AvgIpc) is 3.04. The Morgan fingerprint density at radius 1 is 1.46 bits per heavy atom. The minimum Gasteiger partial charge on any atom is -0.496 e. The first-order chi connectivity index (χ1) is 11.5. The standard InChI is InChI=1S/C16H20N4O4/c1-12(14-6-3-4-7-15(14)24-2)18-16(21)8-5-9-19-11-13(10-17-19)20(22)23/h3-4,6-7,10-12H,5,8-9H2,1-2H3,(H,18,21). The molecule has 1 unspecified atom stereocenters. The van der Waals surface area contributed by atoms with E-state index in [-0.39, 0.29) is 17.6 Å². The molecule has 8 nitrogen and oxygen atoms in total. The first kappa shape index (κ1) is 17.5. The van der Waals surface area contributed by atoms with Crippen LogP contribution in [0.2, 0.25) is 0 Å². The van der Waals surface area contributed by atoms with Crippen LogP contribution in [0, 0.1) is 10.1 Å². The van der Waals surface area contributed by atoms with E-state index in [4.69, 9.17) is 4.74 Å². The Hall–Kier alpha value is -2.90. The number of carbonyl (C=O) groups excluding carboxylic acids is 1. The Labute approximate surface area is 139 Å². The Morgan fingerprint density at radius 3 is 2.88 bits per heavy atom. The molecule has 1 N–H and O–H groups in total. The van der Waals surface area contributed by atoms with E-state index in [1.165, 1.54) is 17.1 Å². The van der Waals surface area contributed by atoms with E-state index in [0.717, 1.165) is 11.3 Å². The molecule has 0 aliphatic heterocycles. The number of nitrogens with one attached hydrogen (secondary N) is 1. The highest BCUT2D eigenvalue weighted by atomic mass is 16.6. The summed E-state index contributed by atoms with van der Waals surface area (Å²) < 4.78 is 6.76. The molecule has 2 aromatic rings. The number of rotatable bonds is 8. The number of methoxy groups -OCH3 is 1. The second-order valence-electron chi connectivity index (χ2n) is 5.35. The molecular formula is C16H20N4O4. The monoisotopic (exact) mass is 332 g/mol. The molecule has 24 heavy (non-hydrogen) atoms. The highest BCUT2D eigenvalue weighted by molar-refractivity contribution is 5.76. The van der Waals surface area contributed by atoms with Gasteiger partial charge in [0, 0.05) is 18.5 Å². The third-order valence-corrected chi connectivity index (χ3v) is 3.60. The van der Waals surface area contributed by atoms with Gasteiger partial charge in [0.05, 0.1) is 18.1 Å². The van der Waals surface area contributed by atoms with Crippen LogP contribution in [0.4, 0.5) is 5.69 Å². The van der Waals surface area contributed by atoms with Crippen LogP contribution in [0.3, 0.4) is 0 Å². The smallest absolute Gasteiger partial charge is 0.306 e. The summed E-state index contributed by atoms with van der Waals surface area (Å²) in [6.07, 6.45) is 3.41. The lowest BCUT2D eigenvalue weighted by atomic mass is 10.1. The zero-order valence-corrected chi connectivity index (χ0v) is 13.6. The predicted octanol–water partition coefficient (Wildman–Crippen LogP) is 2.46. The molecule has 1 amide bonds. The zero-order valence-electron chi connectivity index (χ0n) is 13.6. The first-order valence-corrected chi connectivity index (χ1v) is 7.60. The van der Waals surface area contributed by atoms with Gasteiger partial charge in [-0.2, -0.15) is 5.10 Å². The summed E-state index contributed by atoms with van der Waals surface area (Å²) in [4.78, 5) is 22.1. The molecule has 0 saturated heterocycles. The lowest BCUT2D eigenvalue weighted by Crippen LogP contribution is -2.26. The second kappa shape index (κ2) is 8.09. The van der Waals surface area contributed by atoms with Crippen molar-refractivity contribution in [2.24, 2.45) is 0 Å². The fourth-order valence-corrected chi connectivity index (χ4v) is 2.39. The number of aryl methyl sites for hydroxylation is 1. The minimum atomic E-state index is -0.495. The zero-order chi connectivity index (χ0) is 17.5. The molecule has 0 bridgehead atoms. The molecule has 8 heteroatoms. The average molecular weight is 332 g/mol. The van der Waals surface area contributed by atoms with E-state index in [1.54, 1.807) is 7.11 Å². The number of nitro groups is 1. The van der Waals surface area contributed by atoms with Crippen LogP contribution in [0.1, 0.15) is 31.4 Å². The van der Waals surface area contributed by atoms with Gasteiger partial charge < -0.3 is 10.1 Å². The lowest BCUT2D eigenvalue weighted by Gasteiger charge is -2.17. The normalized spacial score (nSPS) is 11.8. The molecule has 1 heterocycles. The number of aromatic nitrogens is 2. The van der Waals surface area contributed by atoms with Crippen molar-refractivity contribution in [2.45, 2.75) is 32.4 Å². The third-order valence-electron chi connectivity index (χ3n) is 3.60. The molecule has 0 spiro atoms. The Kier molecular flexibility index (Phi) is 5.89. The summed E-state index contributed by atoms with van der Waals surface area (Å²) in [6.45, 7) is 2.34. The number of carbonyl (C=O) groups is 1. The lowest BCUT2D eigenvalue weighted by molar-refractivity contribution is -0.385. The van der Waals surface area contributed by atoms with E-state index in [0.29, 0.717) is 19.4 Å². The third kappa shape index (κ3) is 4.55. The van der Waals surface area contributed by atoms with Gasteiger partial charge in [-0.1, -0.05) is 18.2 Å². The van der Waals surface area contributed by atoms with Crippen LogP contribution < -0.4 is 10.1 Å². The molecule has 1 atom stereocenters. The number of hydrogen-bond acceptors (Lipinski definition) is 5. The fourth-order valence-electron chi connectivity index (χ4n) is 2.39. The van der Waals surface area contributed by atoms with E-state index >= 15 is 0 Å². The number of ether oxygens (including phenoxy) is 1. The van der Waals surface area contributed by atoms with Crippen LogP contribution in [0.15, 0.2) is 36.7 Å². The van der Waals surface area contributed by atoms with Gasteiger partial charge in [-0.3, -0.25) is 19.6 Å². The Bertz CT molecular complexity index is 714. The van der Waals surface area contributed by atoms with E-state index in [9.17, 15) is 14.9 Å². The van der Waals surface area contributed by atoms with Crippen LogP contribution in [-0.2, 0) is 11.3 Å². The largest absolute Gasteiger partial charge is 0.496 e. The molecule has 0 aliphatic rings. The highest BCUT2D eigenvalue weighted by Crippen LogP contribution is 2.24. The number of para-hydroxylation sites is 1. The van der Waals surface area contributed by atoms with Gasteiger partial charge >= 0.3 is 5.69 Å². The van der Waals surface area contributed by atoms with Crippen molar-refractivity contribution in [3.8, 4) is 5.75 Å². The van der Waals surface area contributed by atoms with Gasteiger partial charge in [0.2, 0.25) is 5.91 Å². The topological polar surface area (TPSA) is 99.3 Å². The summed E-state index contributed by atoms with van der Waals surface area (Å²) in [5, 5.41) is 17.4. The van der Waals surface area contributed by atoms with Crippen molar-refractivity contribution in [3.05, 3.63) is 52.3 Å². The maximum atomic E-state index is 12.0. The van der Waals surface area contributed by atoms with Crippen LogP contribution >= 0.6 is 0 Å². The summed E-state index contributed by atoms with van der Waals surface area (Å²) in [5.41, 5.74) is 0.861. The SMILES string of the molecule is COc1ccccc1C(C)NC(=O)CCCn1cc([N+](=O)[O-])cn1. The maximum Gasteiger partial charge on any atom is 0.306 e. The summed E-state index contributed by atoms with van der Waals surface area (Å²) in [6, 6.07) is 7.36. The van der Waals surface area contributed by atoms with Crippen molar-refractivity contribution in [2.75, 3.05) is 7.11 Å². The Balaban J connectivity index is 1.81. The van der Waals surface area contributed by atoms with Gasteiger partial charge in [-0.25, -0.2) is 0 Å². The molecule has 0 radical (unpaired) electrons. The van der Waals surface area contributed by atoms with Crippen LogP contribution in [-0.4, -0.2) is 27.7 Å². The molecule has 0 saturated carbocycles.